The second-order valence-electron chi connectivity index (χ2n) is 9.89. The van der Waals surface area contributed by atoms with Crippen LogP contribution >= 0.6 is 11.6 Å². The van der Waals surface area contributed by atoms with Crippen LogP contribution in [0.15, 0.2) is 52.1 Å². The monoisotopic (exact) mass is 481 g/mol. The maximum Gasteiger partial charge on any atom is 0.330 e. The third kappa shape index (κ3) is 5.02. The van der Waals surface area contributed by atoms with Gasteiger partial charge in [0.2, 0.25) is 0 Å². The number of carbonyl (C=O) groups excluding carboxylic acids is 1. The average Bonchev–Trinajstić information content (AvgIpc) is 2.76. The van der Waals surface area contributed by atoms with Gasteiger partial charge in [-0.3, -0.25) is 14.2 Å². The number of nitrogens with zero attached hydrogens (tertiary/aromatic N) is 2. The number of nitrogens with one attached hydrogen (secondary N) is 1. The summed E-state index contributed by atoms with van der Waals surface area (Å²) >= 11 is 6.31. The number of benzene rings is 2. The Morgan fingerprint density at radius 2 is 1.62 bits per heavy atom. The lowest BCUT2D eigenvalue weighted by atomic mass is 9.82. The molecule has 2 aromatic carbocycles. The van der Waals surface area contributed by atoms with Crippen molar-refractivity contribution in [2.45, 2.75) is 47.1 Å². The summed E-state index contributed by atoms with van der Waals surface area (Å²) in [5.41, 5.74) is 3.37. The minimum absolute atomic E-state index is 0.145. The highest BCUT2D eigenvalue weighted by molar-refractivity contribution is 6.34. The number of carbonyl (C=O) groups is 1. The molecule has 0 saturated carbocycles. The van der Waals surface area contributed by atoms with Crippen LogP contribution in [0.2, 0.25) is 5.02 Å². The maximum absolute atomic E-state index is 13.1. The molecule has 1 N–H and O–H groups in total. The molecule has 1 heterocycles. The molecule has 1 aromatic heterocycles. The van der Waals surface area contributed by atoms with Crippen LogP contribution in [0.1, 0.15) is 48.0 Å². The Morgan fingerprint density at radius 3 is 2.18 bits per heavy atom. The van der Waals surface area contributed by atoms with Crippen LogP contribution in [-0.2, 0) is 20.5 Å². The quantitative estimate of drug-likeness (QED) is 0.586. The van der Waals surface area contributed by atoms with Crippen LogP contribution in [0.25, 0.3) is 11.1 Å². The largest absolute Gasteiger partial charge is 0.348 e. The second kappa shape index (κ2) is 9.63. The van der Waals surface area contributed by atoms with Gasteiger partial charge in [0, 0.05) is 25.8 Å². The molecule has 0 fully saturated rings. The van der Waals surface area contributed by atoms with Crippen LogP contribution in [0.4, 0.5) is 0 Å². The first kappa shape index (κ1) is 25.5. The van der Waals surface area contributed by atoms with E-state index in [-0.39, 0.29) is 28.6 Å². The van der Waals surface area contributed by atoms with Crippen molar-refractivity contribution in [1.82, 2.24) is 14.5 Å². The van der Waals surface area contributed by atoms with E-state index >= 15 is 0 Å². The maximum atomic E-state index is 13.1. The van der Waals surface area contributed by atoms with E-state index in [4.69, 9.17) is 11.6 Å². The zero-order valence-electron chi connectivity index (χ0n) is 20.8. The SMILES string of the molecule is Cc1cccc(Cl)c1C(=O)NC(Cc1ccc(-c2c(C)n(C)c(=O)n(C)c2=O)cc1)C(C)(C)C. The number of halogens is 1. The first-order valence-electron chi connectivity index (χ1n) is 11.2. The van der Waals surface area contributed by atoms with Gasteiger partial charge < -0.3 is 9.88 Å². The predicted octanol–water partition coefficient (Wildman–Crippen LogP) is 4.41. The Balaban J connectivity index is 1.90. The number of rotatable bonds is 5. The number of aryl methyl sites for hydroxylation is 1. The smallest absolute Gasteiger partial charge is 0.330 e. The first-order valence-corrected chi connectivity index (χ1v) is 11.6. The molecule has 0 radical (unpaired) electrons. The van der Waals surface area contributed by atoms with Crippen LogP contribution in [0, 0.1) is 19.3 Å². The molecule has 6 nitrogen and oxygen atoms in total. The molecule has 180 valence electrons. The van der Waals surface area contributed by atoms with Gasteiger partial charge in [0.05, 0.1) is 16.1 Å². The number of amides is 1. The van der Waals surface area contributed by atoms with Gasteiger partial charge >= 0.3 is 5.69 Å². The van der Waals surface area contributed by atoms with Crippen LogP contribution < -0.4 is 16.6 Å². The normalized spacial score (nSPS) is 12.5. The highest BCUT2D eigenvalue weighted by atomic mass is 35.5. The van der Waals surface area contributed by atoms with Crippen molar-refractivity contribution in [3.63, 3.8) is 0 Å². The Hall–Kier alpha value is -3.12. The third-order valence-electron chi connectivity index (χ3n) is 6.44. The molecular formula is C27H32ClN3O3. The molecule has 7 heteroatoms. The summed E-state index contributed by atoms with van der Waals surface area (Å²) in [6.45, 7) is 9.90. The fraction of sp³-hybridized carbons (Fsp3) is 0.370. The molecule has 0 aliphatic heterocycles. The zero-order chi connectivity index (χ0) is 25.4. The minimum Gasteiger partial charge on any atom is -0.348 e. The summed E-state index contributed by atoms with van der Waals surface area (Å²) in [6, 6.07) is 13.0. The lowest BCUT2D eigenvalue weighted by Crippen LogP contribution is -2.45. The highest BCUT2D eigenvalue weighted by Crippen LogP contribution is 2.26. The minimum atomic E-state index is -0.347. The second-order valence-corrected chi connectivity index (χ2v) is 10.3. The van der Waals surface area contributed by atoms with Crippen molar-refractivity contribution in [3.8, 4) is 11.1 Å². The Morgan fingerprint density at radius 1 is 1.00 bits per heavy atom. The summed E-state index contributed by atoms with van der Waals surface area (Å²) in [7, 11) is 3.14. The van der Waals surface area contributed by atoms with Crippen molar-refractivity contribution >= 4 is 17.5 Å². The molecule has 1 unspecified atom stereocenters. The summed E-state index contributed by atoms with van der Waals surface area (Å²) in [5.74, 6) is -0.191. The summed E-state index contributed by atoms with van der Waals surface area (Å²) in [5, 5.41) is 3.61. The van der Waals surface area contributed by atoms with E-state index in [0.29, 0.717) is 28.3 Å². The summed E-state index contributed by atoms with van der Waals surface area (Å²) in [4.78, 5) is 38.0. The molecule has 3 rings (SSSR count). The molecule has 0 spiro atoms. The average molecular weight is 482 g/mol. The van der Waals surface area contributed by atoms with Gasteiger partial charge in [0.1, 0.15) is 0 Å². The van der Waals surface area contributed by atoms with Crippen LogP contribution in [0.5, 0.6) is 0 Å². The Labute approximate surface area is 205 Å². The zero-order valence-corrected chi connectivity index (χ0v) is 21.6. The van der Waals surface area contributed by atoms with Gasteiger partial charge in [-0.15, -0.1) is 0 Å². The lowest BCUT2D eigenvalue weighted by Gasteiger charge is -2.32. The first-order chi connectivity index (χ1) is 15.8. The van der Waals surface area contributed by atoms with Crippen molar-refractivity contribution in [1.29, 1.82) is 0 Å². The van der Waals surface area contributed by atoms with E-state index in [1.54, 1.807) is 20.0 Å². The fourth-order valence-corrected chi connectivity index (χ4v) is 4.35. The van der Waals surface area contributed by atoms with E-state index in [0.717, 1.165) is 21.3 Å². The standard InChI is InChI=1S/C27H32ClN3O3/c1-16-9-8-10-20(28)22(16)24(32)29-21(27(3,4)5)15-18-11-13-19(14-12-18)23-17(2)30(6)26(34)31(7)25(23)33/h8-14,21H,15H2,1-7H3,(H,29,32). The van der Waals surface area contributed by atoms with Gasteiger partial charge in [0.15, 0.2) is 0 Å². The lowest BCUT2D eigenvalue weighted by molar-refractivity contribution is 0.0901. The molecule has 1 atom stereocenters. The van der Waals surface area contributed by atoms with E-state index < -0.39 is 0 Å². The Bertz CT molecular complexity index is 1330. The van der Waals surface area contributed by atoms with Gasteiger partial charge in [-0.25, -0.2) is 4.79 Å². The third-order valence-corrected chi connectivity index (χ3v) is 6.75. The Kier molecular flexibility index (Phi) is 7.22. The van der Waals surface area contributed by atoms with E-state index in [1.807, 2.05) is 43.3 Å². The fourth-order valence-electron chi connectivity index (χ4n) is 4.04. The van der Waals surface area contributed by atoms with E-state index in [9.17, 15) is 14.4 Å². The summed E-state index contributed by atoms with van der Waals surface area (Å²) < 4.78 is 2.60. The van der Waals surface area contributed by atoms with Crippen LogP contribution in [0.3, 0.4) is 0 Å². The molecular weight excluding hydrogens is 450 g/mol. The van der Waals surface area contributed by atoms with Gasteiger partial charge in [-0.1, -0.05) is 68.8 Å². The molecule has 0 aliphatic carbocycles. The van der Waals surface area contributed by atoms with Crippen molar-refractivity contribution < 1.29 is 4.79 Å². The molecule has 1 amide bonds. The van der Waals surface area contributed by atoms with Crippen molar-refractivity contribution in [2.24, 2.45) is 19.5 Å². The van der Waals surface area contributed by atoms with Crippen molar-refractivity contribution in [3.05, 3.63) is 90.7 Å². The van der Waals surface area contributed by atoms with E-state index in [1.165, 1.54) is 11.6 Å². The topological polar surface area (TPSA) is 73.1 Å². The van der Waals surface area contributed by atoms with Crippen molar-refractivity contribution in [2.75, 3.05) is 0 Å². The molecule has 34 heavy (non-hydrogen) atoms. The number of aromatic nitrogens is 2. The van der Waals surface area contributed by atoms with Gasteiger partial charge in [0.25, 0.3) is 11.5 Å². The van der Waals surface area contributed by atoms with Gasteiger partial charge in [-0.2, -0.15) is 0 Å². The molecule has 3 aromatic rings. The molecule has 0 saturated heterocycles. The van der Waals surface area contributed by atoms with E-state index in [2.05, 4.69) is 26.1 Å². The molecule has 0 bridgehead atoms. The highest BCUT2D eigenvalue weighted by Gasteiger charge is 2.28. The number of hydrogen-bond donors (Lipinski definition) is 1. The molecule has 0 aliphatic rings. The van der Waals surface area contributed by atoms with Gasteiger partial charge in [-0.05, 0) is 48.4 Å². The summed E-state index contributed by atoms with van der Waals surface area (Å²) in [6.07, 6.45) is 0.614. The van der Waals surface area contributed by atoms with Crippen LogP contribution in [-0.4, -0.2) is 21.1 Å². The predicted molar refractivity (Wildman–Crippen MR) is 138 cm³/mol. The number of hydrogen-bond acceptors (Lipinski definition) is 3.